The second kappa shape index (κ2) is 8.10. The molecule has 4 heterocycles. The highest BCUT2D eigenvalue weighted by Gasteiger charge is 2.21. The lowest BCUT2D eigenvalue weighted by atomic mass is 10.0. The second-order valence-electron chi connectivity index (χ2n) is 7.73. The van der Waals surface area contributed by atoms with Crippen molar-refractivity contribution in [3.8, 4) is 11.1 Å². The third-order valence-corrected chi connectivity index (χ3v) is 5.50. The number of H-pyrrole nitrogens is 1. The quantitative estimate of drug-likeness (QED) is 0.459. The standard InChI is InChI=1S/C23H21N7O2/c24-16-9-15(11-25-12-16)14-3-5-19-18(10-14)21(29-28-19)22(31)27-17-4-6-20(26-13-17)23(32)30-7-1-2-8-30/h3-6,9-13H,1-2,7-8,24H2,(H,27,31)(H,28,29). The molecule has 4 aromatic rings. The molecule has 9 heteroatoms. The largest absolute Gasteiger partial charge is 0.397 e. The minimum absolute atomic E-state index is 0.0813. The molecule has 1 saturated heterocycles. The monoisotopic (exact) mass is 427 g/mol. The van der Waals surface area contributed by atoms with Gasteiger partial charge in [0, 0.05) is 36.4 Å². The fourth-order valence-electron chi connectivity index (χ4n) is 3.85. The van der Waals surface area contributed by atoms with Crippen molar-refractivity contribution < 1.29 is 9.59 Å². The zero-order valence-electron chi connectivity index (χ0n) is 17.2. The number of anilines is 2. The molecule has 0 saturated carbocycles. The van der Waals surface area contributed by atoms with Crippen molar-refractivity contribution in [3.63, 3.8) is 0 Å². The average Bonchev–Trinajstić information content (AvgIpc) is 3.49. The zero-order valence-corrected chi connectivity index (χ0v) is 17.2. The minimum atomic E-state index is -0.375. The number of aromatic amines is 1. The Labute approximate surface area is 183 Å². The van der Waals surface area contributed by atoms with Crippen molar-refractivity contribution in [2.24, 2.45) is 0 Å². The Morgan fingerprint density at radius 1 is 1.00 bits per heavy atom. The summed E-state index contributed by atoms with van der Waals surface area (Å²) in [4.78, 5) is 35.5. The highest BCUT2D eigenvalue weighted by molar-refractivity contribution is 6.11. The zero-order chi connectivity index (χ0) is 22.1. The molecule has 9 nitrogen and oxygen atoms in total. The average molecular weight is 427 g/mol. The molecule has 1 fully saturated rings. The molecule has 160 valence electrons. The molecule has 3 aromatic heterocycles. The summed E-state index contributed by atoms with van der Waals surface area (Å²) in [6.07, 6.45) is 6.82. The number of hydrogen-bond acceptors (Lipinski definition) is 6. The minimum Gasteiger partial charge on any atom is -0.397 e. The Balaban J connectivity index is 1.36. The van der Waals surface area contributed by atoms with E-state index in [9.17, 15) is 9.59 Å². The van der Waals surface area contributed by atoms with E-state index in [4.69, 9.17) is 5.73 Å². The van der Waals surface area contributed by atoms with Gasteiger partial charge in [-0.25, -0.2) is 4.98 Å². The molecule has 2 amide bonds. The van der Waals surface area contributed by atoms with Gasteiger partial charge in [-0.3, -0.25) is 19.7 Å². The van der Waals surface area contributed by atoms with Gasteiger partial charge < -0.3 is 16.0 Å². The summed E-state index contributed by atoms with van der Waals surface area (Å²) in [6.45, 7) is 1.53. The molecule has 1 aliphatic rings. The van der Waals surface area contributed by atoms with Crippen LogP contribution in [0.4, 0.5) is 11.4 Å². The third kappa shape index (κ3) is 3.76. The summed E-state index contributed by atoms with van der Waals surface area (Å²) in [6, 6.07) is 10.8. The summed E-state index contributed by atoms with van der Waals surface area (Å²) < 4.78 is 0. The maximum Gasteiger partial charge on any atom is 0.276 e. The number of hydrogen-bond donors (Lipinski definition) is 3. The molecule has 0 radical (unpaired) electrons. The number of likely N-dealkylation sites (tertiary alicyclic amines) is 1. The van der Waals surface area contributed by atoms with E-state index in [-0.39, 0.29) is 17.5 Å². The van der Waals surface area contributed by atoms with Crippen molar-refractivity contribution in [2.75, 3.05) is 24.1 Å². The van der Waals surface area contributed by atoms with Gasteiger partial charge >= 0.3 is 0 Å². The van der Waals surface area contributed by atoms with Gasteiger partial charge in [0.1, 0.15) is 5.69 Å². The molecule has 5 rings (SSSR count). The summed E-state index contributed by atoms with van der Waals surface area (Å²) in [5.41, 5.74) is 9.98. The van der Waals surface area contributed by atoms with E-state index in [1.165, 1.54) is 6.20 Å². The van der Waals surface area contributed by atoms with Crippen LogP contribution in [0.5, 0.6) is 0 Å². The number of aromatic nitrogens is 4. The molecule has 0 aliphatic carbocycles. The number of pyridine rings is 2. The predicted molar refractivity (Wildman–Crippen MR) is 121 cm³/mol. The molecule has 0 atom stereocenters. The summed E-state index contributed by atoms with van der Waals surface area (Å²) >= 11 is 0. The second-order valence-corrected chi connectivity index (χ2v) is 7.73. The summed E-state index contributed by atoms with van der Waals surface area (Å²) in [5, 5.41) is 10.5. The Morgan fingerprint density at radius 3 is 2.59 bits per heavy atom. The predicted octanol–water partition coefficient (Wildman–Crippen LogP) is 3.09. The number of rotatable bonds is 4. The van der Waals surface area contributed by atoms with Crippen LogP contribution in [-0.4, -0.2) is 50.0 Å². The molecule has 32 heavy (non-hydrogen) atoms. The van der Waals surface area contributed by atoms with Crippen molar-refractivity contribution in [2.45, 2.75) is 12.8 Å². The smallest absolute Gasteiger partial charge is 0.276 e. The van der Waals surface area contributed by atoms with Crippen molar-refractivity contribution in [1.29, 1.82) is 0 Å². The van der Waals surface area contributed by atoms with Crippen molar-refractivity contribution in [1.82, 2.24) is 25.1 Å². The van der Waals surface area contributed by atoms with Crippen molar-refractivity contribution >= 4 is 34.1 Å². The van der Waals surface area contributed by atoms with Gasteiger partial charge in [0.05, 0.1) is 23.1 Å². The van der Waals surface area contributed by atoms with E-state index in [2.05, 4.69) is 25.5 Å². The number of carbonyl (C=O) groups excluding carboxylic acids is 2. The molecular formula is C23H21N7O2. The van der Waals surface area contributed by atoms with Crippen LogP contribution in [0.2, 0.25) is 0 Å². The maximum atomic E-state index is 12.9. The Morgan fingerprint density at radius 2 is 1.84 bits per heavy atom. The summed E-state index contributed by atoms with van der Waals surface area (Å²) in [7, 11) is 0. The third-order valence-electron chi connectivity index (χ3n) is 5.50. The fourth-order valence-corrected chi connectivity index (χ4v) is 3.85. The van der Waals surface area contributed by atoms with Crippen LogP contribution in [0.3, 0.4) is 0 Å². The van der Waals surface area contributed by atoms with Crippen LogP contribution in [0, 0.1) is 0 Å². The van der Waals surface area contributed by atoms with E-state index >= 15 is 0 Å². The SMILES string of the molecule is Nc1cncc(-c2ccc3[nH]nc(C(=O)Nc4ccc(C(=O)N5CCCC5)nc4)c3c2)c1. The maximum absolute atomic E-state index is 12.9. The topological polar surface area (TPSA) is 130 Å². The lowest BCUT2D eigenvalue weighted by Crippen LogP contribution is -2.28. The molecule has 1 aromatic carbocycles. The number of nitrogens with one attached hydrogen (secondary N) is 2. The first-order valence-corrected chi connectivity index (χ1v) is 10.3. The molecule has 0 spiro atoms. The van der Waals surface area contributed by atoms with E-state index in [1.807, 2.05) is 24.3 Å². The first-order valence-electron chi connectivity index (χ1n) is 10.3. The van der Waals surface area contributed by atoms with Crippen LogP contribution in [0.1, 0.15) is 33.8 Å². The van der Waals surface area contributed by atoms with Crippen LogP contribution < -0.4 is 11.1 Å². The van der Waals surface area contributed by atoms with Gasteiger partial charge in [-0.2, -0.15) is 5.10 Å². The first kappa shape index (κ1) is 19.7. The van der Waals surface area contributed by atoms with E-state index in [0.29, 0.717) is 22.5 Å². The van der Waals surface area contributed by atoms with E-state index < -0.39 is 0 Å². The van der Waals surface area contributed by atoms with Gasteiger partial charge in [0.25, 0.3) is 11.8 Å². The number of nitrogens with zero attached hydrogens (tertiary/aromatic N) is 4. The summed E-state index contributed by atoms with van der Waals surface area (Å²) in [5.74, 6) is -0.457. The number of amides is 2. The molecular weight excluding hydrogens is 406 g/mol. The van der Waals surface area contributed by atoms with Crippen molar-refractivity contribution in [3.05, 3.63) is 66.4 Å². The lowest BCUT2D eigenvalue weighted by molar-refractivity contribution is 0.0787. The van der Waals surface area contributed by atoms with Gasteiger partial charge in [0.2, 0.25) is 0 Å². The number of fused-ring (bicyclic) bond motifs is 1. The van der Waals surface area contributed by atoms with Gasteiger partial charge in [-0.1, -0.05) is 6.07 Å². The molecule has 1 aliphatic heterocycles. The Hall–Kier alpha value is -4.27. The number of nitrogens with two attached hydrogens (primary N) is 1. The lowest BCUT2D eigenvalue weighted by Gasteiger charge is -2.14. The highest BCUT2D eigenvalue weighted by Crippen LogP contribution is 2.26. The normalized spacial score (nSPS) is 13.4. The number of nitrogen functional groups attached to an aromatic ring is 1. The first-order chi connectivity index (χ1) is 15.6. The van der Waals surface area contributed by atoms with Crippen LogP contribution in [0.15, 0.2) is 55.0 Å². The van der Waals surface area contributed by atoms with E-state index in [1.54, 1.807) is 29.4 Å². The van der Waals surface area contributed by atoms with Crippen LogP contribution >= 0.6 is 0 Å². The number of benzene rings is 1. The molecule has 0 bridgehead atoms. The highest BCUT2D eigenvalue weighted by atomic mass is 16.2. The van der Waals surface area contributed by atoms with Gasteiger partial charge in [-0.05, 0) is 48.7 Å². The van der Waals surface area contributed by atoms with Crippen LogP contribution in [-0.2, 0) is 0 Å². The van der Waals surface area contributed by atoms with Gasteiger partial charge in [-0.15, -0.1) is 0 Å². The Bertz CT molecular complexity index is 1310. The Kier molecular flexibility index (Phi) is 4.98. The fraction of sp³-hybridized carbons (Fsp3) is 0.174. The number of carbonyl (C=O) groups is 2. The van der Waals surface area contributed by atoms with Crippen LogP contribution in [0.25, 0.3) is 22.0 Å². The van der Waals surface area contributed by atoms with Gasteiger partial charge in [0.15, 0.2) is 5.69 Å². The molecule has 0 unspecified atom stereocenters. The van der Waals surface area contributed by atoms with E-state index in [0.717, 1.165) is 42.6 Å². The molecule has 4 N–H and O–H groups in total.